The number of hydrazone groups is 1. The van der Waals surface area contributed by atoms with Crippen LogP contribution in [0.4, 0.5) is 4.39 Å². The molecule has 0 saturated carbocycles. The number of benzene rings is 1. The van der Waals surface area contributed by atoms with Crippen molar-refractivity contribution >= 4 is 18.0 Å². The Morgan fingerprint density at radius 3 is 2.47 bits per heavy atom. The van der Waals surface area contributed by atoms with Crippen LogP contribution in [0.15, 0.2) is 29.4 Å². The number of carbonyl (C=O) groups excluding carboxylic acids is 2. The molecule has 3 N–H and O–H groups in total. The maximum atomic E-state index is 12.5. The molecule has 15 heavy (non-hydrogen) atoms. The van der Waals surface area contributed by atoms with Crippen molar-refractivity contribution in [3.8, 4) is 0 Å². The highest BCUT2D eigenvalue weighted by Gasteiger charge is 2.04. The minimum absolute atomic E-state index is 0.367. The summed E-state index contributed by atoms with van der Waals surface area (Å²) in [5, 5.41) is 3.44. The number of hydrogen-bond acceptors (Lipinski definition) is 3. The first-order valence-electron chi connectivity index (χ1n) is 3.98. The van der Waals surface area contributed by atoms with Crippen LogP contribution in [0.1, 0.15) is 5.56 Å². The minimum Gasteiger partial charge on any atom is -0.361 e. The summed E-state index contributed by atoms with van der Waals surface area (Å²) in [6.07, 6.45) is 1.26. The van der Waals surface area contributed by atoms with Crippen LogP contribution in [0.5, 0.6) is 0 Å². The smallest absolute Gasteiger partial charge is 0.329 e. The lowest BCUT2D eigenvalue weighted by Gasteiger charge is -1.94. The first kappa shape index (κ1) is 10.8. The fourth-order valence-electron chi connectivity index (χ4n) is 0.769. The number of carbonyl (C=O) groups is 2. The Morgan fingerprint density at radius 1 is 1.33 bits per heavy atom. The standard InChI is InChI=1S/C9H8FN3O2/c10-7-3-1-6(2-4-7)5-12-13-9(15)8(11)14/h1-5H,(H2,11,14)(H,13,15)/b12-5-. The van der Waals surface area contributed by atoms with Crippen molar-refractivity contribution < 1.29 is 14.0 Å². The Labute approximate surface area is 84.8 Å². The van der Waals surface area contributed by atoms with Crippen LogP contribution in [0.25, 0.3) is 0 Å². The van der Waals surface area contributed by atoms with Gasteiger partial charge in [0.1, 0.15) is 5.82 Å². The van der Waals surface area contributed by atoms with Gasteiger partial charge in [-0.25, -0.2) is 9.82 Å². The first-order valence-corrected chi connectivity index (χ1v) is 3.98. The van der Waals surface area contributed by atoms with Crippen LogP contribution < -0.4 is 11.2 Å². The van der Waals surface area contributed by atoms with E-state index in [1.54, 1.807) is 0 Å². The molecule has 0 aliphatic heterocycles. The number of primary amides is 1. The summed E-state index contributed by atoms with van der Waals surface area (Å²) in [4.78, 5) is 20.9. The largest absolute Gasteiger partial charge is 0.361 e. The predicted octanol–water partition coefficient (Wildman–Crippen LogP) is -0.239. The highest BCUT2D eigenvalue weighted by Crippen LogP contribution is 1.99. The van der Waals surface area contributed by atoms with E-state index >= 15 is 0 Å². The summed E-state index contributed by atoms with van der Waals surface area (Å²) in [7, 11) is 0. The molecule has 0 aliphatic carbocycles. The molecule has 2 amide bonds. The van der Waals surface area contributed by atoms with Gasteiger partial charge in [-0.05, 0) is 17.7 Å². The lowest BCUT2D eigenvalue weighted by atomic mass is 10.2. The van der Waals surface area contributed by atoms with Gasteiger partial charge in [0, 0.05) is 0 Å². The van der Waals surface area contributed by atoms with Crippen LogP contribution in [0.2, 0.25) is 0 Å². The van der Waals surface area contributed by atoms with E-state index in [1.807, 2.05) is 5.43 Å². The second kappa shape index (κ2) is 4.85. The van der Waals surface area contributed by atoms with E-state index in [9.17, 15) is 14.0 Å². The van der Waals surface area contributed by atoms with Gasteiger partial charge in [-0.2, -0.15) is 5.10 Å². The van der Waals surface area contributed by atoms with E-state index in [0.717, 1.165) is 0 Å². The topological polar surface area (TPSA) is 84.5 Å². The zero-order chi connectivity index (χ0) is 11.3. The van der Waals surface area contributed by atoms with E-state index in [2.05, 4.69) is 10.8 Å². The molecule has 0 unspecified atom stereocenters. The molecule has 0 atom stereocenters. The van der Waals surface area contributed by atoms with E-state index in [0.29, 0.717) is 5.56 Å². The van der Waals surface area contributed by atoms with Gasteiger partial charge in [0.25, 0.3) is 0 Å². The number of nitrogens with zero attached hydrogens (tertiary/aromatic N) is 1. The third-order valence-corrected chi connectivity index (χ3v) is 1.47. The Bertz CT molecular complexity index is 400. The number of hydrogen-bond donors (Lipinski definition) is 2. The monoisotopic (exact) mass is 209 g/mol. The molecule has 0 radical (unpaired) electrons. The number of nitrogens with one attached hydrogen (secondary N) is 1. The lowest BCUT2D eigenvalue weighted by Crippen LogP contribution is -2.32. The molecular weight excluding hydrogens is 201 g/mol. The minimum atomic E-state index is -1.12. The van der Waals surface area contributed by atoms with Crippen molar-refractivity contribution in [2.24, 2.45) is 10.8 Å². The highest BCUT2D eigenvalue weighted by molar-refractivity contribution is 6.34. The molecule has 1 aromatic rings. The van der Waals surface area contributed by atoms with Crippen LogP contribution in [-0.2, 0) is 9.59 Å². The molecule has 1 rings (SSSR count). The number of halogens is 1. The summed E-state index contributed by atoms with van der Waals surface area (Å²) in [5.74, 6) is -2.49. The van der Waals surface area contributed by atoms with E-state index in [1.165, 1.54) is 30.5 Å². The fourth-order valence-corrected chi connectivity index (χ4v) is 0.769. The highest BCUT2D eigenvalue weighted by atomic mass is 19.1. The molecule has 0 aromatic heterocycles. The lowest BCUT2D eigenvalue weighted by molar-refractivity contribution is -0.137. The van der Waals surface area contributed by atoms with E-state index in [4.69, 9.17) is 0 Å². The summed E-state index contributed by atoms with van der Waals surface area (Å²) in [6.45, 7) is 0. The summed E-state index contributed by atoms with van der Waals surface area (Å²) in [5.41, 5.74) is 7.15. The average Bonchev–Trinajstić information content (AvgIpc) is 2.20. The third kappa shape index (κ3) is 3.55. The van der Waals surface area contributed by atoms with Crippen LogP contribution >= 0.6 is 0 Å². The zero-order valence-electron chi connectivity index (χ0n) is 7.61. The molecule has 0 aliphatic rings. The molecule has 6 heteroatoms. The van der Waals surface area contributed by atoms with Gasteiger partial charge in [-0.1, -0.05) is 12.1 Å². The average molecular weight is 209 g/mol. The predicted molar refractivity (Wildman–Crippen MR) is 51.3 cm³/mol. The molecule has 0 spiro atoms. The van der Waals surface area contributed by atoms with Gasteiger partial charge in [0.2, 0.25) is 0 Å². The second-order valence-electron chi connectivity index (χ2n) is 2.61. The Kier molecular flexibility index (Phi) is 3.50. The van der Waals surface area contributed by atoms with Crippen molar-refractivity contribution in [2.45, 2.75) is 0 Å². The molecule has 0 heterocycles. The first-order chi connectivity index (χ1) is 7.09. The van der Waals surface area contributed by atoms with Gasteiger partial charge in [-0.15, -0.1) is 0 Å². The normalized spacial score (nSPS) is 10.2. The van der Waals surface area contributed by atoms with Crippen molar-refractivity contribution in [3.05, 3.63) is 35.6 Å². The second-order valence-corrected chi connectivity index (χ2v) is 2.61. The maximum Gasteiger partial charge on any atom is 0.329 e. The molecule has 1 aromatic carbocycles. The Hall–Kier alpha value is -2.24. The summed E-state index contributed by atoms with van der Waals surface area (Å²) >= 11 is 0. The molecule has 0 bridgehead atoms. The molecule has 0 saturated heterocycles. The Morgan fingerprint density at radius 2 is 1.93 bits per heavy atom. The zero-order valence-corrected chi connectivity index (χ0v) is 7.61. The third-order valence-electron chi connectivity index (χ3n) is 1.47. The van der Waals surface area contributed by atoms with Gasteiger partial charge in [0.05, 0.1) is 6.21 Å². The van der Waals surface area contributed by atoms with Crippen molar-refractivity contribution in [1.82, 2.24) is 5.43 Å². The Balaban J connectivity index is 2.55. The molecular formula is C9H8FN3O2. The van der Waals surface area contributed by atoms with Crippen LogP contribution in [0.3, 0.4) is 0 Å². The molecule has 78 valence electrons. The number of nitrogens with two attached hydrogens (primary N) is 1. The van der Waals surface area contributed by atoms with Crippen molar-refractivity contribution in [1.29, 1.82) is 0 Å². The van der Waals surface area contributed by atoms with Gasteiger partial charge in [-0.3, -0.25) is 9.59 Å². The van der Waals surface area contributed by atoms with E-state index < -0.39 is 11.8 Å². The number of rotatable bonds is 2. The van der Waals surface area contributed by atoms with Gasteiger partial charge >= 0.3 is 11.8 Å². The number of amides is 2. The quantitative estimate of drug-likeness (QED) is 0.400. The van der Waals surface area contributed by atoms with Crippen molar-refractivity contribution in [2.75, 3.05) is 0 Å². The van der Waals surface area contributed by atoms with Crippen molar-refractivity contribution in [3.63, 3.8) is 0 Å². The fraction of sp³-hybridized carbons (Fsp3) is 0. The summed E-state index contributed by atoms with van der Waals surface area (Å²) in [6, 6.07) is 5.43. The van der Waals surface area contributed by atoms with E-state index in [-0.39, 0.29) is 5.82 Å². The van der Waals surface area contributed by atoms with Gasteiger partial charge in [0.15, 0.2) is 0 Å². The summed E-state index contributed by atoms with van der Waals surface area (Å²) < 4.78 is 12.5. The van der Waals surface area contributed by atoms with Gasteiger partial charge < -0.3 is 5.73 Å². The molecule has 0 fully saturated rings. The van der Waals surface area contributed by atoms with Crippen LogP contribution in [0, 0.1) is 5.82 Å². The molecule has 5 nitrogen and oxygen atoms in total. The maximum absolute atomic E-state index is 12.5. The SMILES string of the molecule is NC(=O)C(=O)N/N=C\c1ccc(F)cc1. The van der Waals surface area contributed by atoms with Crippen LogP contribution in [-0.4, -0.2) is 18.0 Å².